The molecular formula is C21H17N5O4S. The van der Waals surface area contributed by atoms with Crippen LogP contribution in [0.3, 0.4) is 0 Å². The number of para-hydroxylation sites is 1. The van der Waals surface area contributed by atoms with Gasteiger partial charge in [0.1, 0.15) is 0 Å². The van der Waals surface area contributed by atoms with Crippen LogP contribution in [0.15, 0.2) is 62.9 Å². The summed E-state index contributed by atoms with van der Waals surface area (Å²) in [5, 5.41) is 21.6. The molecular weight excluding hydrogens is 418 g/mol. The lowest BCUT2D eigenvalue weighted by molar-refractivity contribution is -0.384. The highest BCUT2D eigenvalue weighted by Gasteiger charge is 2.15. The molecule has 31 heavy (non-hydrogen) atoms. The van der Waals surface area contributed by atoms with E-state index in [1.807, 2.05) is 28.7 Å². The molecule has 0 bridgehead atoms. The van der Waals surface area contributed by atoms with Crippen molar-refractivity contribution in [1.29, 1.82) is 0 Å². The van der Waals surface area contributed by atoms with E-state index in [1.54, 1.807) is 11.8 Å². The highest BCUT2D eigenvalue weighted by molar-refractivity contribution is 7.99. The van der Waals surface area contributed by atoms with Gasteiger partial charge in [0, 0.05) is 29.8 Å². The van der Waals surface area contributed by atoms with Crippen molar-refractivity contribution in [2.75, 3.05) is 5.75 Å². The molecule has 5 aromatic rings. The Kier molecular flexibility index (Phi) is 4.70. The van der Waals surface area contributed by atoms with Crippen molar-refractivity contribution in [1.82, 2.24) is 19.2 Å². The average molecular weight is 435 g/mol. The SMILES string of the molecule is Cc1cc2nnc(SCCCn3c(=O)oc4ccc([N+](=O)[O-])cc43)n2c2ccccc12. The largest absolute Gasteiger partial charge is 0.419 e. The van der Waals surface area contributed by atoms with E-state index in [9.17, 15) is 14.9 Å². The first-order chi connectivity index (χ1) is 15.0. The molecule has 5 rings (SSSR count). The summed E-state index contributed by atoms with van der Waals surface area (Å²) in [6.07, 6.45) is 0.653. The molecule has 0 aliphatic carbocycles. The van der Waals surface area contributed by atoms with E-state index in [0.29, 0.717) is 29.8 Å². The quantitative estimate of drug-likeness (QED) is 0.170. The van der Waals surface area contributed by atoms with Gasteiger partial charge in [-0.3, -0.25) is 19.1 Å². The fourth-order valence-corrected chi connectivity index (χ4v) is 4.61. The lowest BCUT2D eigenvalue weighted by Crippen LogP contribution is -2.14. The topological polar surface area (TPSA) is 108 Å². The van der Waals surface area contributed by atoms with Crippen molar-refractivity contribution in [3.8, 4) is 0 Å². The number of oxazole rings is 1. The van der Waals surface area contributed by atoms with Crippen LogP contribution in [-0.2, 0) is 6.54 Å². The van der Waals surface area contributed by atoms with Crippen molar-refractivity contribution in [2.45, 2.75) is 25.0 Å². The molecule has 2 aromatic carbocycles. The van der Waals surface area contributed by atoms with Gasteiger partial charge in [-0.2, -0.15) is 0 Å². The smallest absolute Gasteiger partial charge is 0.408 e. The number of hydrogen-bond acceptors (Lipinski definition) is 7. The Bertz CT molecular complexity index is 1520. The van der Waals surface area contributed by atoms with E-state index < -0.39 is 10.7 Å². The van der Waals surface area contributed by atoms with Gasteiger partial charge in [0.25, 0.3) is 5.69 Å². The van der Waals surface area contributed by atoms with Crippen LogP contribution in [0.5, 0.6) is 0 Å². The Labute approximate surface area is 179 Å². The normalized spacial score (nSPS) is 11.6. The Morgan fingerprint density at radius 2 is 1.97 bits per heavy atom. The second kappa shape index (κ2) is 7.55. The van der Waals surface area contributed by atoms with Crippen LogP contribution in [0.4, 0.5) is 5.69 Å². The molecule has 3 aromatic heterocycles. The minimum atomic E-state index is -0.519. The van der Waals surface area contributed by atoms with Crippen LogP contribution in [0.1, 0.15) is 12.0 Å². The standard InChI is InChI=1S/C21H17N5O4S/c1-13-11-19-22-23-20(25(19)16-6-3-2-5-15(13)16)31-10-4-9-24-17-12-14(26(28)29)7-8-18(17)30-21(24)27/h2-3,5-8,11-12H,4,9-10H2,1H3. The van der Waals surface area contributed by atoms with Gasteiger partial charge in [0.15, 0.2) is 16.4 Å². The van der Waals surface area contributed by atoms with E-state index in [4.69, 9.17) is 4.42 Å². The number of hydrogen-bond donors (Lipinski definition) is 0. The zero-order valence-corrected chi connectivity index (χ0v) is 17.3. The maximum Gasteiger partial charge on any atom is 0.419 e. The third kappa shape index (κ3) is 3.34. The molecule has 156 valence electrons. The summed E-state index contributed by atoms with van der Waals surface area (Å²) in [5.74, 6) is 0.173. The molecule has 0 N–H and O–H groups in total. The summed E-state index contributed by atoms with van der Waals surface area (Å²) in [6, 6.07) is 14.3. The number of nitrogens with zero attached hydrogens (tertiary/aromatic N) is 5. The minimum Gasteiger partial charge on any atom is -0.408 e. The summed E-state index contributed by atoms with van der Waals surface area (Å²) < 4.78 is 8.68. The Morgan fingerprint density at radius 3 is 2.81 bits per heavy atom. The van der Waals surface area contributed by atoms with Gasteiger partial charge in [0.05, 0.1) is 16.0 Å². The minimum absolute atomic E-state index is 0.0754. The van der Waals surface area contributed by atoms with Crippen molar-refractivity contribution >= 4 is 45.1 Å². The number of nitro benzene ring substituents is 1. The maximum absolute atomic E-state index is 12.2. The molecule has 0 saturated carbocycles. The summed E-state index contributed by atoms with van der Waals surface area (Å²) >= 11 is 1.55. The van der Waals surface area contributed by atoms with E-state index >= 15 is 0 Å². The summed E-state index contributed by atoms with van der Waals surface area (Å²) in [6.45, 7) is 2.44. The number of fused-ring (bicyclic) bond motifs is 4. The van der Waals surface area contributed by atoms with E-state index in [1.165, 1.54) is 22.8 Å². The molecule has 0 amide bonds. The third-order valence-corrected chi connectivity index (χ3v) is 6.21. The van der Waals surface area contributed by atoms with Gasteiger partial charge < -0.3 is 4.42 Å². The number of rotatable bonds is 6. The predicted octanol–water partition coefficient (Wildman–Crippen LogP) is 4.19. The average Bonchev–Trinajstić information content (AvgIpc) is 3.31. The van der Waals surface area contributed by atoms with Gasteiger partial charge in [-0.05, 0) is 37.1 Å². The molecule has 3 heterocycles. The molecule has 0 fully saturated rings. The van der Waals surface area contributed by atoms with Crippen LogP contribution in [0, 0.1) is 17.0 Å². The Morgan fingerprint density at radius 1 is 1.13 bits per heavy atom. The Hall–Kier alpha value is -3.66. The lowest BCUT2D eigenvalue weighted by Gasteiger charge is -2.07. The summed E-state index contributed by atoms with van der Waals surface area (Å²) in [4.78, 5) is 22.7. The van der Waals surface area contributed by atoms with Crippen LogP contribution >= 0.6 is 11.8 Å². The number of benzene rings is 2. The molecule has 0 radical (unpaired) electrons. The van der Waals surface area contributed by atoms with E-state index in [2.05, 4.69) is 23.2 Å². The first kappa shape index (κ1) is 19.3. The molecule has 0 spiro atoms. The molecule has 0 atom stereocenters. The zero-order valence-electron chi connectivity index (χ0n) is 16.5. The van der Waals surface area contributed by atoms with E-state index in [-0.39, 0.29) is 5.69 Å². The molecule has 0 aliphatic heterocycles. The second-order valence-electron chi connectivity index (χ2n) is 7.15. The fourth-order valence-electron chi connectivity index (χ4n) is 3.73. The van der Waals surface area contributed by atoms with Crippen LogP contribution in [0.25, 0.3) is 27.6 Å². The number of nitro groups is 1. The van der Waals surface area contributed by atoms with Gasteiger partial charge in [-0.15, -0.1) is 10.2 Å². The lowest BCUT2D eigenvalue weighted by atomic mass is 10.1. The number of aromatic nitrogens is 4. The first-order valence-electron chi connectivity index (χ1n) is 9.67. The van der Waals surface area contributed by atoms with Gasteiger partial charge >= 0.3 is 5.76 Å². The molecule has 10 heteroatoms. The van der Waals surface area contributed by atoms with Crippen molar-refractivity contribution in [2.24, 2.45) is 0 Å². The van der Waals surface area contributed by atoms with Crippen LogP contribution < -0.4 is 5.76 Å². The zero-order chi connectivity index (χ0) is 21.5. The molecule has 9 nitrogen and oxygen atoms in total. The number of non-ortho nitro benzene ring substituents is 1. The monoisotopic (exact) mass is 435 g/mol. The van der Waals surface area contributed by atoms with E-state index in [0.717, 1.165) is 27.3 Å². The molecule has 0 aliphatic rings. The van der Waals surface area contributed by atoms with Crippen LogP contribution in [-0.4, -0.2) is 29.8 Å². The van der Waals surface area contributed by atoms with Gasteiger partial charge in [0.2, 0.25) is 0 Å². The fraction of sp³-hybridized carbons (Fsp3) is 0.190. The van der Waals surface area contributed by atoms with Crippen molar-refractivity contribution in [3.05, 3.63) is 74.8 Å². The Balaban J connectivity index is 1.37. The van der Waals surface area contributed by atoms with Crippen LogP contribution in [0.2, 0.25) is 0 Å². The summed E-state index contributed by atoms with van der Waals surface area (Å²) in [7, 11) is 0. The molecule has 0 saturated heterocycles. The molecule has 0 unspecified atom stereocenters. The highest BCUT2D eigenvalue weighted by atomic mass is 32.2. The summed E-state index contributed by atoms with van der Waals surface area (Å²) in [5.41, 5.74) is 3.69. The second-order valence-corrected chi connectivity index (χ2v) is 8.21. The number of aryl methyl sites for hydroxylation is 2. The third-order valence-electron chi connectivity index (χ3n) is 5.19. The van der Waals surface area contributed by atoms with Gasteiger partial charge in [-0.1, -0.05) is 30.0 Å². The maximum atomic E-state index is 12.2. The van der Waals surface area contributed by atoms with Gasteiger partial charge in [-0.25, -0.2) is 4.79 Å². The van der Waals surface area contributed by atoms with Crippen molar-refractivity contribution < 1.29 is 9.34 Å². The van der Waals surface area contributed by atoms with Crippen molar-refractivity contribution in [3.63, 3.8) is 0 Å². The number of thioether (sulfide) groups is 1. The predicted molar refractivity (Wildman–Crippen MR) is 118 cm³/mol. The first-order valence-corrected chi connectivity index (χ1v) is 10.7. The highest BCUT2D eigenvalue weighted by Crippen LogP contribution is 2.26. The number of pyridine rings is 1.